The molecule has 1 fully saturated rings. The monoisotopic (exact) mass is 340 g/mol. The Balaban J connectivity index is 1.45. The number of rotatable bonds is 4. The second kappa shape index (κ2) is 6.18. The minimum absolute atomic E-state index is 0.0363. The number of amides is 2. The summed E-state index contributed by atoms with van der Waals surface area (Å²) in [7, 11) is 0. The van der Waals surface area contributed by atoms with Crippen molar-refractivity contribution >= 4 is 17.8 Å². The summed E-state index contributed by atoms with van der Waals surface area (Å²) in [6.45, 7) is 2.64. The molecule has 0 spiro atoms. The Morgan fingerprint density at radius 1 is 1.00 bits per heavy atom. The lowest BCUT2D eigenvalue weighted by Gasteiger charge is -2.12. The molecular weight excluding hydrogens is 324 g/mol. The van der Waals surface area contributed by atoms with Crippen molar-refractivity contribution in [2.24, 2.45) is 0 Å². The number of carbonyl (C=O) groups excluding carboxylic acids is 3. The van der Waals surface area contributed by atoms with Crippen LogP contribution in [0.5, 0.6) is 0 Å². The molecule has 0 N–H and O–H groups in total. The highest BCUT2D eigenvalue weighted by Crippen LogP contribution is 2.24. The second-order valence-corrected chi connectivity index (χ2v) is 6.08. The Labute approximate surface area is 143 Å². The van der Waals surface area contributed by atoms with Crippen LogP contribution in [0.2, 0.25) is 0 Å². The lowest BCUT2D eigenvalue weighted by molar-refractivity contribution is -0.0604. The first-order valence-corrected chi connectivity index (χ1v) is 8.14. The van der Waals surface area contributed by atoms with Gasteiger partial charge in [0.15, 0.2) is 0 Å². The van der Waals surface area contributed by atoms with E-state index in [2.05, 4.69) is 4.90 Å². The maximum atomic E-state index is 12.2. The smallest absolute Gasteiger partial charge is 0.399 e. The molecule has 3 heterocycles. The van der Waals surface area contributed by atoms with E-state index in [1.165, 1.54) is 18.2 Å². The number of benzene rings is 1. The van der Waals surface area contributed by atoms with Gasteiger partial charge < -0.3 is 9.25 Å². The van der Waals surface area contributed by atoms with Crippen LogP contribution in [0, 0.1) is 0 Å². The molecule has 2 amide bonds. The molecule has 0 unspecified atom stereocenters. The predicted octanol–water partition coefficient (Wildman–Crippen LogP) is 2.24. The molecule has 2 aliphatic rings. The normalized spacial score (nSPS) is 17.2. The number of fused-ring (bicyclic) bond motifs is 1. The van der Waals surface area contributed by atoms with E-state index >= 15 is 0 Å². The molecule has 1 aromatic carbocycles. The highest BCUT2D eigenvalue weighted by Gasteiger charge is 2.39. The Morgan fingerprint density at radius 2 is 1.64 bits per heavy atom. The first-order valence-electron chi connectivity index (χ1n) is 8.14. The molecule has 2 aliphatic heterocycles. The fraction of sp³-hybridized carbons (Fsp3) is 0.278. The van der Waals surface area contributed by atoms with Crippen molar-refractivity contribution in [1.82, 2.24) is 9.96 Å². The Kier molecular flexibility index (Phi) is 3.85. The largest absolute Gasteiger partial charge is 0.453 e. The summed E-state index contributed by atoms with van der Waals surface area (Å²) in [5.41, 5.74) is 0.434. The third-order valence-corrected chi connectivity index (χ3v) is 4.37. The van der Waals surface area contributed by atoms with Crippen LogP contribution in [0.1, 0.15) is 49.9 Å². The van der Waals surface area contributed by atoms with E-state index in [9.17, 15) is 14.4 Å². The van der Waals surface area contributed by atoms with Gasteiger partial charge in [0.05, 0.1) is 17.7 Å². The van der Waals surface area contributed by atoms with E-state index in [1.54, 1.807) is 18.2 Å². The Bertz CT molecular complexity index is 816. The number of nitrogens with zero attached hydrogens (tertiary/aromatic N) is 2. The van der Waals surface area contributed by atoms with Crippen LogP contribution in [0.25, 0.3) is 0 Å². The van der Waals surface area contributed by atoms with E-state index in [0.29, 0.717) is 17.4 Å². The summed E-state index contributed by atoms with van der Waals surface area (Å²) in [4.78, 5) is 43.8. The van der Waals surface area contributed by atoms with Crippen molar-refractivity contribution < 1.29 is 23.6 Å². The fourth-order valence-electron chi connectivity index (χ4n) is 3.11. The van der Waals surface area contributed by atoms with Crippen molar-refractivity contribution in [2.45, 2.75) is 19.4 Å². The lowest BCUT2D eigenvalue weighted by atomic mass is 10.1. The molecule has 0 atom stereocenters. The average molecular weight is 340 g/mol. The van der Waals surface area contributed by atoms with Crippen molar-refractivity contribution in [2.75, 3.05) is 13.1 Å². The molecule has 4 rings (SSSR count). The van der Waals surface area contributed by atoms with Crippen molar-refractivity contribution in [3.05, 3.63) is 59.0 Å². The molecule has 7 heteroatoms. The van der Waals surface area contributed by atoms with Gasteiger partial charge >= 0.3 is 5.97 Å². The Hall–Kier alpha value is -2.93. The lowest BCUT2D eigenvalue weighted by Crippen LogP contribution is -2.32. The standard InChI is InChI=1S/C18H16N2O5/c21-16-13-5-1-2-6-14(13)17(22)20(16)25-18(23)15-8-7-12(24-15)11-19-9-3-4-10-19/h1-2,5-8H,3-4,9-11H2. The van der Waals surface area contributed by atoms with Gasteiger partial charge in [0.1, 0.15) is 5.76 Å². The number of hydroxylamine groups is 2. The number of imide groups is 1. The molecule has 0 aliphatic carbocycles. The molecule has 1 saturated heterocycles. The SMILES string of the molecule is O=C(ON1C(=O)c2ccccc2C1=O)c1ccc(CN2CCCC2)o1. The van der Waals surface area contributed by atoms with Crippen LogP contribution in [-0.4, -0.2) is 40.8 Å². The number of carbonyl (C=O) groups is 3. The summed E-state index contributed by atoms with van der Waals surface area (Å²) < 4.78 is 5.50. The van der Waals surface area contributed by atoms with Crippen LogP contribution in [-0.2, 0) is 11.4 Å². The van der Waals surface area contributed by atoms with E-state index < -0.39 is 17.8 Å². The Morgan fingerprint density at radius 3 is 2.28 bits per heavy atom. The van der Waals surface area contributed by atoms with Crippen molar-refractivity contribution in [1.29, 1.82) is 0 Å². The topological polar surface area (TPSA) is 80.1 Å². The fourth-order valence-corrected chi connectivity index (χ4v) is 3.11. The molecule has 1 aromatic heterocycles. The zero-order valence-corrected chi connectivity index (χ0v) is 13.4. The summed E-state index contributed by atoms with van der Waals surface area (Å²) in [5, 5.41) is 0.482. The number of hydrogen-bond donors (Lipinski definition) is 0. The maximum Gasteiger partial charge on any atom is 0.399 e. The van der Waals surface area contributed by atoms with Crippen molar-refractivity contribution in [3.8, 4) is 0 Å². The summed E-state index contributed by atoms with van der Waals surface area (Å²) >= 11 is 0. The van der Waals surface area contributed by atoms with Gasteiger partial charge in [0.25, 0.3) is 11.8 Å². The highest BCUT2D eigenvalue weighted by molar-refractivity contribution is 6.21. The van der Waals surface area contributed by atoms with E-state index in [4.69, 9.17) is 9.25 Å². The zero-order valence-electron chi connectivity index (χ0n) is 13.4. The number of furan rings is 1. The summed E-state index contributed by atoms with van der Waals surface area (Å²) in [6.07, 6.45) is 2.32. The van der Waals surface area contributed by atoms with E-state index in [1.807, 2.05) is 0 Å². The third kappa shape index (κ3) is 2.83. The summed E-state index contributed by atoms with van der Waals surface area (Å²) in [6, 6.07) is 9.52. The quantitative estimate of drug-likeness (QED) is 0.794. The van der Waals surface area contributed by atoms with Gasteiger partial charge in [-0.05, 0) is 50.2 Å². The van der Waals surface area contributed by atoms with Gasteiger partial charge in [-0.25, -0.2) is 4.79 Å². The molecule has 2 aromatic rings. The minimum atomic E-state index is -0.873. The molecule has 0 bridgehead atoms. The summed E-state index contributed by atoms with van der Waals surface area (Å²) in [5.74, 6) is -1.57. The predicted molar refractivity (Wildman–Crippen MR) is 85.6 cm³/mol. The first-order chi connectivity index (χ1) is 12.1. The van der Waals surface area contributed by atoms with E-state index in [0.717, 1.165) is 25.9 Å². The number of likely N-dealkylation sites (tertiary alicyclic amines) is 1. The van der Waals surface area contributed by atoms with Crippen LogP contribution in [0.15, 0.2) is 40.8 Å². The van der Waals surface area contributed by atoms with Gasteiger partial charge in [-0.2, -0.15) is 0 Å². The molecule has 0 radical (unpaired) electrons. The van der Waals surface area contributed by atoms with Gasteiger partial charge in [-0.15, -0.1) is 0 Å². The molecular formula is C18H16N2O5. The van der Waals surface area contributed by atoms with Crippen LogP contribution in [0.3, 0.4) is 0 Å². The minimum Gasteiger partial charge on any atom is -0.453 e. The molecule has 128 valence electrons. The number of hydrogen-bond acceptors (Lipinski definition) is 6. The third-order valence-electron chi connectivity index (χ3n) is 4.37. The maximum absolute atomic E-state index is 12.2. The second-order valence-electron chi connectivity index (χ2n) is 6.08. The van der Waals surface area contributed by atoms with Gasteiger partial charge in [-0.1, -0.05) is 17.2 Å². The highest BCUT2D eigenvalue weighted by atomic mass is 16.7. The molecule has 25 heavy (non-hydrogen) atoms. The molecule has 0 saturated carbocycles. The first kappa shape index (κ1) is 15.6. The van der Waals surface area contributed by atoms with Gasteiger partial charge in [0, 0.05) is 0 Å². The van der Waals surface area contributed by atoms with Crippen LogP contribution < -0.4 is 0 Å². The van der Waals surface area contributed by atoms with Crippen LogP contribution >= 0.6 is 0 Å². The van der Waals surface area contributed by atoms with Gasteiger partial charge in [0.2, 0.25) is 5.76 Å². The van der Waals surface area contributed by atoms with Crippen molar-refractivity contribution in [3.63, 3.8) is 0 Å². The zero-order chi connectivity index (χ0) is 17.4. The van der Waals surface area contributed by atoms with Crippen LogP contribution in [0.4, 0.5) is 0 Å². The van der Waals surface area contributed by atoms with E-state index in [-0.39, 0.29) is 16.9 Å². The van der Waals surface area contributed by atoms with Gasteiger partial charge in [-0.3, -0.25) is 14.5 Å². The average Bonchev–Trinajstić information content (AvgIpc) is 3.34. The molecule has 7 nitrogen and oxygen atoms in total.